The molecule has 2 N–H and O–H groups in total. The van der Waals surface area contributed by atoms with Gasteiger partial charge >= 0.3 is 0 Å². The zero-order chi connectivity index (χ0) is 17.0. The molecule has 3 rings (SSSR count). The van der Waals surface area contributed by atoms with Crippen molar-refractivity contribution in [2.24, 2.45) is 10.4 Å². The van der Waals surface area contributed by atoms with Crippen molar-refractivity contribution in [3.63, 3.8) is 0 Å². The minimum Gasteiger partial charge on any atom is -0.380 e. The highest BCUT2D eigenvalue weighted by atomic mass is 127. The molecule has 2 fully saturated rings. The molecule has 0 aliphatic carbocycles. The van der Waals surface area contributed by atoms with Crippen molar-refractivity contribution in [3.05, 3.63) is 29.8 Å². The molecule has 0 atom stereocenters. The number of amides is 1. The predicted octanol–water partition coefficient (Wildman–Crippen LogP) is 2.13. The van der Waals surface area contributed by atoms with Crippen molar-refractivity contribution in [3.8, 4) is 0 Å². The van der Waals surface area contributed by atoms with Gasteiger partial charge in [0, 0.05) is 44.2 Å². The molecule has 0 radical (unpaired) electrons. The van der Waals surface area contributed by atoms with Crippen LogP contribution < -0.4 is 15.5 Å². The van der Waals surface area contributed by atoms with Crippen molar-refractivity contribution in [2.75, 3.05) is 38.3 Å². The maximum Gasteiger partial charge on any atom is 0.227 e. The molecule has 0 aromatic heterocycles. The van der Waals surface area contributed by atoms with E-state index in [-0.39, 0.29) is 35.3 Å². The summed E-state index contributed by atoms with van der Waals surface area (Å²) in [6.07, 6.45) is 1.61. The number of carbonyl (C=O) groups excluding carboxylic acids is 1. The molecule has 1 amide bonds. The first kappa shape index (κ1) is 20.0. The Hall–Kier alpha value is -1.35. The minimum atomic E-state index is 0. The molecular formula is C18H27IN4O2. The highest BCUT2D eigenvalue weighted by Gasteiger charge is 2.33. The Morgan fingerprint density at radius 1 is 1.28 bits per heavy atom. The normalized spacial score (nSPS) is 19.2. The van der Waals surface area contributed by atoms with Gasteiger partial charge in [-0.15, -0.1) is 24.0 Å². The molecule has 7 heteroatoms. The van der Waals surface area contributed by atoms with Gasteiger partial charge in [-0.1, -0.05) is 19.1 Å². The average Bonchev–Trinajstić information content (AvgIpc) is 3.00. The summed E-state index contributed by atoms with van der Waals surface area (Å²) in [5.41, 5.74) is 2.36. The Labute approximate surface area is 166 Å². The summed E-state index contributed by atoms with van der Waals surface area (Å²) in [4.78, 5) is 17.9. The summed E-state index contributed by atoms with van der Waals surface area (Å²) in [7, 11) is 1.77. The number of aliphatic imine (C=N–C) groups is 1. The lowest BCUT2D eigenvalue weighted by Gasteiger charge is -2.38. The fraction of sp³-hybridized carbons (Fsp3) is 0.556. The number of nitrogens with one attached hydrogen (secondary N) is 2. The third-order valence-electron chi connectivity index (χ3n) is 4.59. The van der Waals surface area contributed by atoms with Gasteiger partial charge in [-0.2, -0.15) is 0 Å². The summed E-state index contributed by atoms with van der Waals surface area (Å²) < 4.78 is 5.27. The van der Waals surface area contributed by atoms with Crippen molar-refractivity contribution < 1.29 is 9.53 Å². The number of guanidine groups is 1. The van der Waals surface area contributed by atoms with E-state index in [0.717, 1.165) is 49.9 Å². The zero-order valence-electron chi connectivity index (χ0n) is 14.9. The monoisotopic (exact) mass is 458 g/mol. The Kier molecular flexibility index (Phi) is 7.06. The van der Waals surface area contributed by atoms with E-state index in [1.165, 1.54) is 0 Å². The molecule has 2 heterocycles. The summed E-state index contributed by atoms with van der Waals surface area (Å²) in [6, 6.07) is 8.15. The van der Waals surface area contributed by atoms with Gasteiger partial charge in [0.05, 0.1) is 13.2 Å². The summed E-state index contributed by atoms with van der Waals surface area (Å²) in [5.74, 6) is 1.01. The topological polar surface area (TPSA) is 66.0 Å². The van der Waals surface area contributed by atoms with Crippen LogP contribution in [0.2, 0.25) is 0 Å². The quantitative estimate of drug-likeness (QED) is 0.403. The first-order valence-electron chi connectivity index (χ1n) is 8.51. The lowest BCUT2D eigenvalue weighted by molar-refractivity contribution is -0.117. The van der Waals surface area contributed by atoms with Crippen molar-refractivity contribution >= 4 is 41.5 Å². The van der Waals surface area contributed by atoms with Gasteiger partial charge in [-0.25, -0.2) is 0 Å². The van der Waals surface area contributed by atoms with Gasteiger partial charge in [-0.3, -0.25) is 9.79 Å². The third-order valence-corrected chi connectivity index (χ3v) is 4.59. The predicted molar refractivity (Wildman–Crippen MR) is 111 cm³/mol. The molecule has 2 aliphatic rings. The smallest absolute Gasteiger partial charge is 0.227 e. The van der Waals surface area contributed by atoms with Gasteiger partial charge in [0.15, 0.2) is 5.96 Å². The van der Waals surface area contributed by atoms with Crippen LogP contribution in [-0.4, -0.2) is 45.2 Å². The van der Waals surface area contributed by atoms with E-state index in [1.54, 1.807) is 7.05 Å². The summed E-state index contributed by atoms with van der Waals surface area (Å²) >= 11 is 0. The van der Waals surface area contributed by atoms with Crippen LogP contribution in [0.1, 0.15) is 25.3 Å². The molecule has 0 bridgehead atoms. The first-order valence-corrected chi connectivity index (χ1v) is 8.51. The van der Waals surface area contributed by atoms with Gasteiger partial charge < -0.3 is 20.3 Å². The second-order valence-electron chi connectivity index (χ2n) is 6.90. The van der Waals surface area contributed by atoms with Crippen LogP contribution in [0.3, 0.4) is 0 Å². The molecule has 138 valence electrons. The highest BCUT2D eigenvalue weighted by Crippen LogP contribution is 2.25. The van der Waals surface area contributed by atoms with Crippen LogP contribution in [0, 0.1) is 5.41 Å². The van der Waals surface area contributed by atoms with Crippen molar-refractivity contribution in [2.45, 2.75) is 26.3 Å². The number of hydrogen-bond acceptors (Lipinski definition) is 3. The Morgan fingerprint density at radius 2 is 2.00 bits per heavy atom. The zero-order valence-corrected chi connectivity index (χ0v) is 17.2. The summed E-state index contributed by atoms with van der Waals surface area (Å²) in [5, 5.41) is 6.67. The highest BCUT2D eigenvalue weighted by molar-refractivity contribution is 14.0. The Balaban J connectivity index is 0.00000225. The fourth-order valence-electron chi connectivity index (χ4n) is 2.97. The number of benzene rings is 1. The Morgan fingerprint density at radius 3 is 2.52 bits per heavy atom. The number of carbonyl (C=O) groups is 1. The maximum absolute atomic E-state index is 11.8. The number of ether oxygens (including phenoxy) is 1. The van der Waals surface area contributed by atoms with Crippen LogP contribution in [-0.2, 0) is 16.1 Å². The van der Waals surface area contributed by atoms with Gasteiger partial charge in [-0.05, 0) is 24.1 Å². The second kappa shape index (κ2) is 8.84. The number of halogens is 1. The van der Waals surface area contributed by atoms with Gasteiger partial charge in [0.25, 0.3) is 0 Å². The number of anilines is 1. The van der Waals surface area contributed by atoms with E-state index < -0.39 is 0 Å². The summed E-state index contributed by atoms with van der Waals surface area (Å²) in [6.45, 7) is 6.18. The molecule has 0 saturated carbocycles. The largest absolute Gasteiger partial charge is 0.380 e. The maximum atomic E-state index is 11.8. The number of nitrogens with zero attached hydrogens (tertiary/aromatic N) is 2. The lowest BCUT2D eigenvalue weighted by Crippen LogP contribution is -2.50. The van der Waals surface area contributed by atoms with Crippen LogP contribution in [0.4, 0.5) is 5.69 Å². The molecule has 2 aliphatic heterocycles. The number of hydrogen-bond donors (Lipinski definition) is 2. The number of rotatable bonds is 5. The molecule has 6 nitrogen and oxygen atoms in total. The molecule has 0 unspecified atom stereocenters. The van der Waals surface area contributed by atoms with Crippen LogP contribution in [0.15, 0.2) is 29.3 Å². The van der Waals surface area contributed by atoms with E-state index in [2.05, 4.69) is 34.7 Å². The second-order valence-corrected chi connectivity index (χ2v) is 6.90. The molecule has 25 heavy (non-hydrogen) atoms. The third kappa shape index (κ3) is 5.07. The SMILES string of the molecule is CN=C(NCc1ccc(N2CCCC2=O)cc1)NCC1(C)COC1.I. The molecule has 1 aromatic rings. The van der Waals surface area contributed by atoms with E-state index in [4.69, 9.17) is 4.74 Å². The molecule has 1 aromatic carbocycles. The lowest BCUT2D eigenvalue weighted by atomic mass is 9.89. The molecule has 2 saturated heterocycles. The van der Waals surface area contributed by atoms with Crippen molar-refractivity contribution in [1.82, 2.24) is 10.6 Å². The Bertz CT molecular complexity index is 614. The van der Waals surface area contributed by atoms with E-state index >= 15 is 0 Å². The van der Waals surface area contributed by atoms with Gasteiger partial charge in [0.1, 0.15) is 0 Å². The van der Waals surface area contributed by atoms with Gasteiger partial charge in [0.2, 0.25) is 5.91 Å². The van der Waals surface area contributed by atoms with Crippen LogP contribution in [0.5, 0.6) is 0 Å². The first-order chi connectivity index (χ1) is 11.6. The van der Waals surface area contributed by atoms with Crippen LogP contribution >= 0.6 is 24.0 Å². The average molecular weight is 458 g/mol. The van der Waals surface area contributed by atoms with Crippen LogP contribution in [0.25, 0.3) is 0 Å². The van der Waals surface area contributed by atoms with E-state index in [9.17, 15) is 4.79 Å². The van der Waals surface area contributed by atoms with E-state index in [0.29, 0.717) is 13.0 Å². The van der Waals surface area contributed by atoms with Crippen molar-refractivity contribution in [1.29, 1.82) is 0 Å². The minimum absolute atomic E-state index is 0. The fourth-order valence-corrected chi connectivity index (χ4v) is 2.97. The van der Waals surface area contributed by atoms with E-state index in [1.807, 2.05) is 17.0 Å². The standard InChI is InChI=1S/C18H26N4O2.HI/c1-18(12-24-13-18)11-21-17(19-2)20-10-14-5-7-15(8-6-14)22-9-3-4-16(22)23;/h5-8H,3-4,9-13H2,1-2H3,(H2,19,20,21);1H. The molecular weight excluding hydrogens is 431 g/mol. The molecule has 0 spiro atoms.